The maximum atomic E-state index is 12.3. The predicted octanol–water partition coefficient (Wildman–Crippen LogP) is -0.339. The molecule has 1 unspecified atom stereocenters. The van der Waals surface area contributed by atoms with Gasteiger partial charge in [-0.1, -0.05) is 6.07 Å². The van der Waals surface area contributed by atoms with Crippen LogP contribution in [0.25, 0.3) is 0 Å². The zero-order chi connectivity index (χ0) is 14.9. The molecule has 20 heavy (non-hydrogen) atoms. The third-order valence-corrected chi connectivity index (χ3v) is 4.77. The van der Waals surface area contributed by atoms with Crippen LogP contribution >= 0.6 is 0 Å². The molecule has 7 nitrogen and oxygen atoms in total. The van der Waals surface area contributed by atoms with Crippen LogP contribution in [0.15, 0.2) is 23.1 Å². The second-order valence-corrected chi connectivity index (χ2v) is 6.28. The van der Waals surface area contributed by atoms with Gasteiger partial charge in [0.2, 0.25) is 21.8 Å². The van der Waals surface area contributed by atoms with Crippen molar-refractivity contribution < 1.29 is 18.0 Å². The van der Waals surface area contributed by atoms with E-state index in [-0.39, 0.29) is 17.7 Å². The summed E-state index contributed by atoms with van der Waals surface area (Å²) in [7, 11) is -3.87. The van der Waals surface area contributed by atoms with E-state index in [1.54, 1.807) is 13.0 Å². The normalized spacial score (nSPS) is 19.8. The van der Waals surface area contributed by atoms with Gasteiger partial charge in [0.1, 0.15) is 6.04 Å². The van der Waals surface area contributed by atoms with Crippen molar-refractivity contribution >= 4 is 27.5 Å². The number of nitrogen functional groups attached to an aromatic ring is 1. The quantitative estimate of drug-likeness (QED) is 0.521. The van der Waals surface area contributed by atoms with Crippen molar-refractivity contribution in [2.75, 3.05) is 5.73 Å². The fraction of sp³-hybridized carbons (Fsp3) is 0.333. The smallest absolute Gasteiger partial charge is 0.244 e. The molecule has 1 aliphatic heterocycles. The minimum Gasteiger partial charge on any atom is -0.398 e. The summed E-state index contributed by atoms with van der Waals surface area (Å²) in [5.41, 5.74) is 6.46. The second kappa shape index (κ2) is 5.22. The lowest BCUT2D eigenvalue weighted by Gasteiger charge is -2.22. The van der Waals surface area contributed by atoms with Crippen LogP contribution in [0, 0.1) is 6.92 Å². The Kier molecular flexibility index (Phi) is 3.78. The van der Waals surface area contributed by atoms with Crippen LogP contribution in [0.1, 0.15) is 18.4 Å². The van der Waals surface area contributed by atoms with E-state index in [0.29, 0.717) is 11.3 Å². The monoisotopic (exact) mass is 297 g/mol. The van der Waals surface area contributed by atoms with Gasteiger partial charge in [0.05, 0.1) is 4.90 Å². The molecule has 1 atom stereocenters. The van der Waals surface area contributed by atoms with Gasteiger partial charge in [0.15, 0.2) is 0 Å². The summed E-state index contributed by atoms with van der Waals surface area (Å²) < 4.78 is 26.8. The van der Waals surface area contributed by atoms with E-state index in [1.807, 2.05) is 0 Å². The second-order valence-electron chi connectivity index (χ2n) is 4.60. The highest BCUT2D eigenvalue weighted by Crippen LogP contribution is 2.21. The number of nitrogens with two attached hydrogens (primary N) is 1. The van der Waals surface area contributed by atoms with Crippen LogP contribution in [-0.4, -0.2) is 26.3 Å². The molecule has 0 bridgehead atoms. The Morgan fingerprint density at radius 1 is 1.35 bits per heavy atom. The highest BCUT2D eigenvalue weighted by molar-refractivity contribution is 7.89. The highest BCUT2D eigenvalue weighted by atomic mass is 32.2. The molecule has 8 heteroatoms. The number of benzene rings is 1. The largest absolute Gasteiger partial charge is 0.398 e. The molecule has 2 rings (SSSR count). The minimum absolute atomic E-state index is 0.0298. The van der Waals surface area contributed by atoms with E-state index in [0.717, 1.165) is 0 Å². The number of imide groups is 1. The molecular weight excluding hydrogens is 282 g/mol. The Morgan fingerprint density at radius 3 is 2.70 bits per heavy atom. The molecule has 0 aliphatic carbocycles. The summed E-state index contributed by atoms with van der Waals surface area (Å²) in [6.45, 7) is 1.59. The number of hydrogen-bond donors (Lipinski definition) is 3. The van der Waals surface area contributed by atoms with Gasteiger partial charge in [-0.25, -0.2) is 8.42 Å². The van der Waals surface area contributed by atoms with Crippen molar-refractivity contribution in [1.29, 1.82) is 0 Å². The molecule has 1 saturated heterocycles. The lowest BCUT2D eigenvalue weighted by Crippen LogP contribution is -2.52. The topological polar surface area (TPSA) is 118 Å². The maximum Gasteiger partial charge on any atom is 0.244 e. The number of hydrogen-bond acceptors (Lipinski definition) is 5. The standard InChI is InChI=1S/C12H15N3O4S/c1-7-8(13)3-2-4-10(7)20(18,19)15-9-5-6-11(16)14-12(9)17/h2-4,9,15H,5-6,13H2,1H3,(H,14,16,17). The zero-order valence-electron chi connectivity index (χ0n) is 10.8. The Bertz CT molecular complexity index is 669. The maximum absolute atomic E-state index is 12.3. The molecule has 0 spiro atoms. The van der Waals surface area contributed by atoms with Crippen LogP contribution in [0.4, 0.5) is 5.69 Å². The van der Waals surface area contributed by atoms with Gasteiger partial charge in [0, 0.05) is 12.1 Å². The van der Waals surface area contributed by atoms with Crippen LogP contribution in [0.3, 0.4) is 0 Å². The van der Waals surface area contributed by atoms with Crippen LogP contribution in [-0.2, 0) is 19.6 Å². The molecule has 4 N–H and O–H groups in total. The van der Waals surface area contributed by atoms with Gasteiger partial charge >= 0.3 is 0 Å². The lowest BCUT2D eigenvalue weighted by molar-refractivity contribution is -0.134. The highest BCUT2D eigenvalue weighted by Gasteiger charge is 2.31. The molecule has 1 fully saturated rings. The number of carbonyl (C=O) groups excluding carboxylic acids is 2. The first-order valence-electron chi connectivity index (χ1n) is 6.02. The fourth-order valence-electron chi connectivity index (χ4n) is 1.98. The molecular formula is C12H15N3O4S. The SMILES string of the molecule is Cc1c(N)cccc1S(=O)(=O)NC1CCC(=O)NC1=O. The van der Waals surface area contributed by atoms with Crippen molar-refractivity contribution in [3.63, 3.8) is 0 Å². The van der Waals surface area contributed by atoms with Gasteiger partial charge in [-0.2, -0.15) is 4.72 Å². The van der Waals surface area contributed by atoms with Crippen LogP contribution in [0.2, 0.25) is 0 Å². The summed E-state index contributed by atoms with van der Waals surface area (Å²) >= 11 is 0. The van der Waals surface area contributed by atoms with Gasteiger partial charge in [0.25, 0.3) is 0 Å². The van der Waals surface area contributed by atoms with E-state index >= 15 is 0 Å². The van der Waals surface area contributed by atoms with Gasteiger partial charge in [-0.15, -0.1) is 0 Å². The third-order valence-electron chi connectivity index (χ3n) is 3.15. The molecule has 1 aromatic rings. The molecule has 0 radical (unpaired) electrons. The molecule has 1 heterocycles. The van der Waals surface area contributed by atoms with Crippen LogP contribution in [0.5, 0.6) is 0 Å². The average Bonchev–Trinajstić information content (AvgIpc) is 2.36. The summed E-state index contributed by atoms with van der Waals surface area (Å²) in [6, 6.07) is 3.60. The molecule has 0 aromatic heterocycles. The number of rotatable bonds is 3. The lowest BCUT2D eigenvalue weighted by atomic mass is 10.1. The fourth-order valence-corrected chi connectivity index (χ4v) is 3.48. The Hall–Kier alpha value is -1.93. The van der Waals surface area contributed by atoms with Gasteiger partial charge in [-0.3, -0.25) is 14.9 Å². The van der Waals surface area contributed by atoms with Crippen molar-refractivity contribution in [3.05, 3.63) is 23.8 Å². The van der Waals surface area contributed by atoms with E-state index in [4.69, 9.17) is 5.73 Å². The molecule has 108 valence electrons. The first-order chi connectivity index (χ1) is 9.31. The molecule has 1 aromatic carbocycles. The Balaban J connectivity index is 2.26. The first-order valence-corrected chi connectivity index (χ1v) is 7.50. The van der Waals surface area contributed by atoms with Crippen molar-refractivity contribution in [2.24, 2.45) is 0 Å². The molecule has 2 amide bonds. The van der Waals surface area contributed by atoms with Gasteiger partial charge < -0.3 is 5.73 Å². The number of carbonyl (C=O) groups is 2. The molecule has 0 saturated carbocycles. The van der Waals surface area contributed by atoms with Crippen molar-refractivity contribution in [3.8, 4) is 0 Å². The molecule has 1 aliphatic rings. The first kappa shape index (κ1) is 14.5. The predicted molar refractivity (Wildman–Crippen MR) is 72.1 cm³/mol. The Labute approximate surface area is 116 Å². The minimum atomic E-state index is -3.87. The summed E-state index contributed by atoms with van der Waals surface area (Å²) in [5, 5.41) is 2.10. The van der Waals surface area contributed by atoms with E-state index in [1.165, 1.54) is 12.1 Å². The number of amides is 2. The van der Waals surface area contributed by atoms with Crippen molar-refractivity contribution in [2.45, 2.75) is 30.7 Å². The van der Waals surface area contributed by atoms with E-state index < -0.39 is 27.9 Å². The number of anilines is 1. The number of piperidine rings is 1. The number of sulfonamides is 1. The van der Waals surface area contributed by atoms with E-state index in [2.05, 4.69) is 10.0 Å². The van der Waals surface area contributed by atoms with Crippen molar-refractivity contribution in [1.82, 2.24) is 10.0 Å². The van der Waals surface area contributed by atoms with Gasteiger partial charge in [-0.05, 0) is 31.0 Å². The average molecular weight is 297 g/mol. The summed E-state index contributed by atoms with van der Waals surface area (Å²) in [4.78, 5) is 22.6. The Morgan fingerprint density at radius 2 is 2.05 bits per heavy atom. The zero-order valence-corrected chi connectivity index (χ0v) is 11.7. The third kappa shape index (κ3) is 2.81. The number of nitrogens with one attached hydrogen (secondary N) is 2. The van der Waals surface area contributed by atoms with E-state index in [9.17, 15) is 18.0 Å². The summed E-state index contributed by atoms with van der Waals surface area (Å²) in [6.07, 6.45) is 0.250. The summed E-state index contributed by atoms with van der Waals surface area (Å²) in [5.74, 6) is -1.03. The van der Waals surface area contributed by atoms with Crippen LogP contribution < -0.4 is 15.8 Å².